The highest BCUT2D eigenvalue weighted by Crippen LogP contribution is 2.21. The van der Waals surface area contributed by atoms with Crippen molar-refractivity contribution in [2.24, 2.45) is 0 Å². The molecule has 2 aromatic carbocycles. The molecule has 6 heteroatoms. The molecule has 0 spiro atoms. The maximum absolute atomic E-state index is 4.54. The van der Waals surface area contributed by atoms with Gasteiger partial charge in [0.1, 0.15) is 11.6 Å². The lowest BCUT2D eigenvalue weighted by Crippen LogP contribution is -2.20. The van der Waals surface area contributed by atoms with Crippen molar-refractivity contribution >= 4 is 0 Å². The van der Waals surface area contributed by atoms with Crippen molar-refractivity contribution in [1.29, 1.82) is 0 Å². The number of hydrogen-bond acceptors (Lipinski definition) is 4. The molecule has 186 valence electrons. The van der Waals surface area contributed by atoms with Gasteiger partial charge >= 0.3 is 0 Å². The van der Waals surface area contributed by atoms with Crippen molar-refractivity contribution in [3.05, 3.63) is 83.7 Å². The van der Waals surface area contributed by atoms with Crippen LogP contribution < -0.4 is 10.6 Å². The van der Waals surface area contributed by atoms with E-state index in [-0.39, 0.29) is 12.1 Å². The van der Waals surface area contributed by atoms with Crippen LogP contribution in [0.15, 0.2) is 60.9 Å². The molecule has 4 aromatic rings. The van der Waals surface area contributed by atoms with Crippen molar-refractivity contribution in [3.63, 3.8) is 0 Å². The van der Waals surface area contributed by atoms with Gasteiger partial charge in [-0.2, -0.15) is 0 Å². The second-order valence-corrected chi connectivity index (χ2v) is 9.12. The number of nitrogens with one attached hydrogen (secondary N) is 4. The van der Waals surface area contributed by atoms with Crippen LogP contribution in [-0.2, 0) is 0 Å². The Morgan fingerprint density at radius 1 is 0.667 bits per heavy atom. The molecule has 0 saturated carbocycles. The number of hydrogen-bond donors (Lipinski definition) is 4. The van der Waals surface area contributed by atoms with Gasteiger partial charge in [-0.15, -0.1) is 0 Å². The molecule has 0 radical (unpaired) electrons. The molecule has 0 aliphatic heterocycles. The van der Waals surface area contributed by atoms with Crippen LogP contribution in [0.4, 0.5) is 0 Å². The third-order valence-corrected chi connectivity index (χ3v) is 6.16. The minimum atomic E-state index is 0.205. The van der Waals surface area contributed by atoms with Gasteiger partial charge < -0.3 is 20.6 Å². The smallest absolute Gasteiger partial charge is 0.123 e. The third kappa shape index (κ3) is 6.51. The van der Waals surface area contributed by atoms with Crippen LogP contribution in [0.1, 0.15) is 75.4 Å². The summed E-state index contributed by atoms with van der Waals surface area (Å²) in [6.45, 7) is 10.5. The standard InChI is InChI=1S/C30H36N6/c1-5-17-31-21(3)29-33-19-27(35-29)25-13-9-23(10-14-25)7-8-24-11-15-26(16-12-24)28-20-34-30(36-28)22(4)32-18-6-2/h9-16,19-22,31-32H,5-6,17-18H2,1-4H3,(H,33,35)(H,34,36). The second kappa shape index (κ2) is 12.3. The highest BCUT2D eigenvalue weighted by molar-refractivity contribution is 5.62. The molecule has 36 heavy (non-hydrogen) atoms. The Bertz CT molecular complexity index is 1190. The SMILES string of the molecule is CCCNC(C)c1ncc(-c2ccc(C#Cc3ccc(-c4cnc(C(C)NCCC)[nH]4)cc3)cc2)[nH]1. The topological polar surface area (TPSA) is 81.4 Å². The van der Waals surface area contributed by atoms with Gasteiger partial charge in [0.2, 0.25) is 0 Å². The van der Waals surface area contributed by atoms with Gasteiger partial charge in [0, 0.05) is 11.1 Å². The lowest BCUT2D eigenvalue weighted by atomic mass is 10.1. The minimum absolute atomic E-state index is 0.205. The molecule has 0 aliphatic carbocycles. The van der Waals surface area contributed by atoms with E-state index in [1.807, 2.05) is 12.4 Å². The van der Waals surface area contributed by atoms with E-state index in [0.29, 0.717) is 0 Å². The fourth-order valence-electron chi connectivity index (χ4n) is 3.93. The largest absolute Gasteiger partial charge is 0.341 e. The molecule has 0 aliphatic rings. The molecule has 2 aromatic heterocycles. The zero-order valence-corrected chi connectivity index (χ0v) is 21.7. The van der Waals surface area contributed by atoms with Gasteiger partial charge in [-0.1, -0.05) is 50.0 Å². The number of nitrogens with zero attached hydrogens (tertiary/aromatic N) is 2. The van der Waals surface area contributed by atoms with Gasteiger partial charge in [-0.05, 0) is 75.2 Å². The number of benzene rings is 2. The highest BCUT2D eigenvalue weighted by Gasteiger charge is 2.11. The van der Waals surface area contributed by atoms with Crippen LogP contribution in [0.3, 0.4) is 0 Å². The summed E-state index contributed by atoms with van der Waals surface area (Å²) in [5, 5.41) is 6.92. The summed E-state index contributed by atoms with van der Waals surface area (Å²) in [6, 6.07) is 17.0. The molecule has 0 fully saturated rings. The van der Waals surface area contributed by atoms with E-state index in [1.54, 1.807) is 0 Å². The first-order valence-electron chi connectivity index (χ1n) is 12.9. The summed E-state index contributed by atoms with van der Waals surface area (Å²) in [7, 11) is 0. The van der Waals surface area contributed by atoms with Crippen molar-refractivity contribution in [3.8, 4) is 34.4 Å². The van der Waals surface area contributed by atoms with Gasteiger partial charge in [0.05, 0.1) is 35.9 Å². The fraction of sp³-hybridized carbons (Fsp3) is 0.333. The van der Waals surface area contributed by atoms with E-state index in [2.05, 4.69) is 119 Å². The summed E-state index contributed by atoms with van der Waals surface area (Å²) < 4.78 is 0. The normalized spacial score (nSPS) is 12.7. The summed E-state index contributed by atoms with van der Waals surface area (Å²) in [5.41, 5.74) is 6.19. The lowest BCUT2D eigenvalue weighted by Gasteiger charge is -2.09. The van der Waals surface area contributed by atoms with E-state index >= 15 is 0 Å². The van der Waals surface area contributed by atoms with Crippen LogP contribution in [0, 0.1) is 11.8 Å². The van der Waals surface area contributed by atoms with Crippen molar-refractivity contribution in [1.82, 2.24) is 30.6 Å². The number of aromatic amines is 2. The molecule has 4 N–H and O–H groups in total. The maximum Gasteiger partial charge on any atom is 0.123 e. The zero-order chi connectivity index (χ0) is 25.3. The number of imidazole rings is 2. The Morgan fingerprint density at radius 2 is 1.06 bits per heavy atom. The van der Waals surface area contributed by atoms with Crippen molar-refractivity contribution < 1.29 is 0 Å². The maximum atomic E-state index is 4.54. The number of H-pyrrole nitrogens is 2. The first-order valence-corrected chi connectivity index (χ1v) is 12.9. The predicted molar refractivity (Wildman–Crippen MR) is 147 cm³/mol. The van der Waals surface area contributed by atoms with E-state index in [1.165, 1.54) is 0 Å². The quantitative estimate of drug-likeness (QED) is 0.210. The Balaban J connectivity index is 1.38. The molecule has 0 bridgehead atoms. The molecule has 0 amide bonds. The van der Waals surface area contributed by atoms with Crippen molar-refractivity contribution in [2.45, 2.75) is 52.6 Å². The minimum Gasteiger partial charge on any atom is -0.341 e. The molecule has 2 unspecified atom stereocenters. The van der Waals surface area contributed by atoms with E-state index < -0.39 is 0 Å². The van der Waals surface area contributed by atoms with Crippen LogP contribution in [0.25, 0.3) is 22.5 Å². The lowest BCUT2D eigenvalue weighted by molar-refractivity contribution is 0.549. The summed E-state index contributed by atoms with van der Waals surface area (Å²) >= 11 is 0. The predicted octanol–water partition coefficient (Wildman–Crippen LogP) is 5.99. The van der Waals surface area contributed by atoms with Gasteiger partial charge in [-0.25, -0.2) is 9.97 Å². The van der Waals surface area contributed by atoms with Crippen LogP contribution in [-0.4, -0.2) is 33.0 Å². The summed E-state index contributed by atoms with van der Waals surface area (Å²) in [4.78, 5) is 15.9. The Hall–Kier alpha value is -3.66. The zero-order valence-electron chi connectivity index (χ0n) is 21.7. The van der Waals surface area contributed by atoms with Crippen LogP contribution >= 0.6 is 0 Å². The Morgan fingerprint density at radius 3 is 1.42 bits per heavy atom. The van der Waals surface area contributed by atoms with E-state index in [4.69, 9.17) is 0 Å². The van der Waals surface area contributed by atoms with Crippen molar-refractivity contribution in [2.75, 3.05) is 13.1 Å². The monoisotopic (exact) mass is 480 g/mol. The van der Waals surface area contributed by atoms with Gasteiger partial charge in [-0.3, -0.25) is 0 Å². The fourth-order valence-corrected chi connectivity index (χ4v) is 3.93. The van der Waals surface area contributed by atoms with Crippen LogP contribution in [0.5, 0.6) is 0 Å². The molecule has 6 nitrogen and oxygen atoms in total. The summed E-state index contributed by atoms with van der Waals surface area (Å²) in [6.07, 6.45) is 6.00. The van der Waals surface area contributed by atoms with Crippen LogP contribution in [0.2, 0.25) is 0 Å². The first kappa shape index (κ1) is 25.4. The molecular formula is C30H36N6. The molecule has 2 atom stereocenters. The second-order valence-electron chi connectivity index (χ2n) is 9.12. The Kier molecular flexibility index (Phi) is 8.72. The summed E-state index contributed by atoms with van der Waals surface area (Å²) in [5.74, 6) is 8.46. The average molecular weight is 481 g/mol. The third-order valence-electron chi connectivity index (χ3n) is 6.16. The molecule has 2 heterocycles. The number of rotatable bonds is 10. The van der Waals surface area contributed by atoms with E-state index in [0.717, 1.165) is 71.2 Å². The average Bonchev–Trinajstić information content (AvgIpc) is 3.61. The van der Waals surface area contributed by atoms with Gasteiger partial charge in [0.15, 0.2) is 0 Å². The first-order chi connectivity index (χ1) is 17.6. The molecule has 0 saturated heterocycles. The number of aromatic nitrogens is 4. The highest BCUT2D eigenvalue weighted by atomic mass is 15.0. The molecular weight excluding hydrogens is 444 g/mol. The molecule has 4 rings (SSSR count). The van der Waals surface area contributed by atoms with Gasteiger partial charge in [0.25, 0.3) is 0 Å². The van der Waals surface area contributed by atoms with E-state index in [9.17, 15) is 0 Å². The Labute approximate surface area is 214 Å².